The van der Waals surface area contributed by atoms with Crippen molar-refractivity contribution < 1.29 is 0 Å². The minimum absolute atomic E-state index is 0.0118. The molecule has 134 valence electrons. The Labute approximate surface area is 153 Å². The molecule has 2 aromatic heterocycles. The standard InChI is InChI=1S/C20H24N6/c1-20(2,3)19-21-11-15-12-25(10-9-18(15)22-19)13-16-14-26(24-23-16)17-7-5-4-6-8-17/h4-8,11,14H,9-10,12-13H2,1-3H3. The van der Waals surface area contributed by atoms with E-state index in [4.69, 9.17) is 4.98 Å². The molecule has 0 bridgehead atoms. The average molecular weight is 348 g/mol. The number of para-hydroxylation sites is 1. The predicted molar refractivity (Wildman–Crippen MR) is 99.9 cm³/mol. The topological polar surface area (TPSA) is 59.7 Å². The quantitative estimate of drug-likeness (QED) is 0.728. The molecule has 0 N–H and O–H groups in total. The van der Waals surface area contributed by atoms with Gasteiger partial charge in [-0.3, -0.25) is 4.90 Å². The first-order valence-electron chi connectivity index (χ1n) is 9.03. The Kier molecular flexibility index (Phi) is 4.28. The Balaban J connectivity index is 1.46. The molecule has 1 aromatic carbocycles. The van der Waals surface area contributed by atoms with Crippen LogP contribution in [0.15, 0.2) is 42.7 Å². The number of hydrogen-bond acceptors (Lipinski definition) is 5. The van der Waals surface area contributed by atoms with Gasteiger partial charge >= 0.3 is 0 Å². The molecule has 0 unspecified atom stereocenters. The molecule has 0 saturated heterocycles. The minimum atomic E-state index is -0.0118. The molecule has 3 heterocycles. The van der Waals surface area contributed by atoms with Gasteiger partial charge in [0, 0.05) is 48.9 Å². The van der Waals surface area contributed by atoms with Crippen molar-refractivity contribution in [2.45, 2.75) is 45.7 Å². The summed E-state index contributed by atoms with van der Waals surface area (Å²) in [6.07, 6.45) is 4.95. The summed E-state index contributed by atoms with van der Waals surface area (Å²) >= 11 is 0. The van der Waals surface area contributed by atoms with Crippen molar-refractivity contribution in [3.63, 3.8) is 0 Å². The number of rotatable bonds is 3. The fourth-order valence-electron chi connectivity index (χ4n) is 3.18. The zero-order valence-corrected chi connectivity index (χ0v) is 15.6. The number of benzene rings is 1. The molecule has 0 saturated carbocycles. The van der Waals surface area contributed by atoms with Crippen LogP contribution >= 0.6 is 0 Å². The Hall–Kier alpha value is -2.60. The summed E-state index contributed by atoms with van der Waals surface area (Å²) < 4.78 is 1.83. The Bertz CT molecular complexity index is 894. The average Bonchev–Trinajstić information content (AvgIpc) is 3.10. The van der Waals surface area contributed by atoms with Crippen molar-refractivity contribution in [1.82, 2.24) is 29.9 Å². The third-order valence-electron chi connectivity index (χ3n) is 4.63. The Morgan fingerprint density at radius 1 is 1.12 bits per heavy atom. The van der Waals surface area contributed by atoms with Crippen LogP contribution in [0, 0.1) is 0 Å². The van der Waals surface area contributed by atoms with Crippen molar-refractivity contribution >= 4 is 0 Å². The third kappa shape index (κ3) is 3.51. The molecule has 4 rings (SSSR count). The first-order chi connectivity index (χ1) is 12.5. The molecule has 1 aliphatic rings. The fourth-order valence-corrected chi connectivity index (χ4v) is 3.18. The molecule has 0 fully saturated rings. The van der Waals surface area contributed by atoms with Gasteiger partial charge in [-0.05, 0) is 12.1 Å². The second-order valence-electron chi connectivity index (χ2n) is 7.87. The van der Waals surface area contributed by atoms with Crippen LogP contribution < -0.4 is 0 Å². The molecule has 0 aliphatic carbocycles. The van der Waals surface area contributed by atoms with Crippen LogP contribution in [0.2, 0.25) is 0 Å². The number of aromatic nitrogens is 5. The number of nitrogens with zero attached hydrogens (tertiary/aromatic N) is 6. The first-order valence-corrected chi connectivity index (χ1v) is 9.03. The van der Waals surface area contributed by atoms with Crippen LogP contribution in [0.4, 0.5) is 0 Å². The molecule has 26 heavy (non-hydrogen) atoms. The maximum Gasteiger partial charge on any atom is 0.133 e. The van der Waals surface area contributed by atoms with Crippen molar-refractivity contribution in [1.29, 1.82) is 0 Å². The van der Waals surface area contributed by atoms with Gasteiger partial charge in [-0.25, -0.2) is 14.6 Å². The van der Waals surface area contributed by atoms with Crippen LogP contribution in [0.1, 0.15) is 43.5 Å². The van der Waals surface area contributed by atoms with E-state index in [9.17, 15) is 0 Å². The molecule has 0 radical (unpaired) electrons. The molecular weight excluding hydrogens is 324 g/mol. The van der Waals surface area contributed by atoms with Crippen LogP contribution in [0.25, 0.3) is 5.69 Å². The van der Waals surface area contributed by atoms with E-state index in [1.54, 1.807) is 0 Å². The second-order valence-corrected chi connectivity index (χ2v) is 7.87. The van der Waals surface area contributed by atoms with Gasteiger partial charge in [0.05, 0.1) is 17.6 Å². The van der Waals surface area contributed by atoms with Crippen LogP contribution in [0.3, 0.4) is 0 Å². The van der Waals surface area contributed by atoms with Gasteiger partial charge in [-0.15, -0.1) is 5.10 Å². The lowest BCUT2D eigenvalue weighted by Gasteiger charge is -2.28. The van der Waals surface area contributed by atoms with Gasteiger partial charge in [-0.2, -0.15) is 0 Å². The van der Waals surface area contributed by atoms with Gasteiger partial charge < -0.3 is 0 Å². The third-order valence-corrected chi connectivity index (χ3v) is 4.63. The summed E-state index contributed by atoms with van der Waals surface area (Å²) in [5.74, 6) is 0.926. The highest BCUT2D eigenvalue weighted by atomic mass is 15.4. The predicted octanol–water partition coefficient (Wildman–Crippen LogP) is 2.91. The number of fused-ring (bicyclic) bond motifs is 1. The van der Waals surface area contributed by atoms with E-state index in [1.165, 1.54) is 11.3 Å². The van der Waals surface area contributed by atoms with E-state index in [-0.39, 0.29) is 5.41 Å². The summed E-state index contributed by atoms with van der Waals surface area (Å²) in [5.41, 5.74) is 4.40. The maximum absolute atomic E-state index is 4.80. The van der Waals surface area contributed by atoms with Crippen molar-refractivity contribution in [2.75, 3.05) is 6.54 Å². The lowest BCUT2D eigenvalue weighted by atomic mass is 9.95. The second kappa shape index (κ2) is 6.61. The smallest absolute Gasteiger partial charge is 0.133 e. The Morgan fingerprint density at radius 3 is 2.69 bits per heavy atom. The number of hydrogen-bond donors (Lipinski definition) is 0. The van der Waals surface area contributed by atoms with Crippen LogP contribution in [0.5, 0.6) is 0 Å². The summed E-state index contributed by atoms with van der Waals surface area (Å²) in [6, 6.07) is 10.1. The van der Waals surface area contributed by atoms with Crippen molar-refractivity contribution in [3.8, 4) is 5.69 Å². The molecule has 0 amide bonds. The SMILES string of the molecule is CC(C)(C)c1ncc2c(n1)CCN(Cc1cn(-c3ccccc3)nn1)C2. The molecule has 0 spiro atoms. The van der Waals surface area contributed by atoms with Gasteiger partial charge in [0.15, 0.2) is 0 Å². The minimum Gasteiger partial charge on any atom is -0.293 e. The monoisotopic (exact) mass is 348 g/mol. The van der Waals surface area contributed by atoms with Crippen molar-refractivity contribution in [3.05, 3.63) is 65.5 Å². The van der Waals surface area contributed by atoms with E-state index in [0.717, 1.165) is 43.3 Å². The highest BCUT2D eigenvalue weighted by molar-refractivity contribution is 5.30. The lowest BCUT2D eigenvalue weighted by Crippen LogP contribution is -2.32. The van der Waals surface area contributed by atoms with Gasteiger partial charge in [0.1, 0.15) is 5.82 Å². The van der Waals surface area contributed by atoms with Gasteiger partial charge in [0.25, 0.3) is 0 Å². The molecule has 0 atom stereocenters. The largest absolute Gasteiger partial charge is 0.293 e. The zero-order chi connectivity index (χ0) is 18.1. The van der Waals surface area contributed by atoms with E-state index in [2.05, 4.69) is 41.0 Å². The Morgan fingerprint density at radius 2 is 1.92 bits per heavy atom. The van der Waals surface area contributed by atoms with Crippen LogP contribution in [-0.2, 0) is 24.9 Å². The van der Waals surface area contributed by atoms with E-state index < -0.39 is 0 Å². The molecular formula is C20H24N6. The lowest BCUT2D eigenvalue weighted by molar-refractivity contribution is 0.239. The first kappa shape index (κ1) is 16.8. The fraction of sp³-hybridized carbons (Fsp3) is 0.400. The maximum atomic E-state index is 4.80. The normalized spacial score (nSPS) is 15.0. The summed E-state index contributed by atoms with van der Waals surface area (Å²) in [6.45, 7) is 9.08. The molecule has 6 nitrogen and oxygen atoms in total. The summed E-state index contributed by atoms with van der Waals surface area (Å²) in [5, 5.41) is 8.58. The van der Waals surface area contributed by atoms with Gasteiger partial charge in [0.2, 0.25) is 0 Å². The van der Waals surface area contributed by atoms with E-state index >= 15 is 0 Å². The molecule has 1 aliphatic heterocycles. The summed E-state index contributed by atoms with van der Waals surface area (Å²) in [7, 11) is 0. The highest BCUT2D eigenvalue weighted by Gasteiger charge is 2.23. The highest BCUT2D eigenvalue weighted by Crippen LogP contribution is 2.23. The summed E-state index contributed by atoms with van der Waals surface area (Å²) in [4.78, 5) is 11.8. The molecule has 6 heteroatoms. The van der Waals surface area contributed by atoms with E-state index in [0.29, 0.717) is 0 Å². The van der Waals surface area contributed by atoms with Crippen LogP contribution in [-0.4, -0.2) is 36.4 Å². The molecule has 3 aromatic rings. The zero-order valence-electron chi connectivity index (χ0n) is 15.6. The van der Waals surface area contributed by atoms with Gasteiger partial charge in [-0.1, -0.05) is 44.2 Å². The van der Waals surface area contributed by atoms with E-state index in [1.807, 2.05) is 47.4 Å². The van der Waals surface area contributed by atoms with Crippen molar-refractivity contribution in [2.24, 2.45) is 0 Å².